The predicted octanol–water partition coefficient (Wildman–Crippen LogP) is 2.65. The van der Waals surface area contributed by atoms with Crippen molar-refractivity contribution in [1.82, 2.24) is 0 Å². The van der Waals surface area contributed by atoms with Crippen LogP contribution in [0.25, 0.3) is 0 Å². The molecule has 1 atom stereocenters. The van der Waals surface area contributed by atoms with Gasteiger partial charge in [-0.3, -0.25) is 0 Å². The first-order chi connectivity index (χ1) is 8.28. The van der Waals surface area contributed by atoms with E-state index >= 15 is 0 Å². The summed E-state index contributed by atoms with van der Waals surface area (Å²) in [5.74, 6) is 2.95. The van der Waals surface area contributed by atoms with Crippen molar-refractivity contribution in [3.05, 3.63) is 17.7 Å². The molecule has 2 N–H and O–H groups in total. The van der Waals surface area contributed by atoms with Gasteiger partial charge in [0.25, 0.3) is 0 Å². The molecule has 18 heavy (non-hydrogen) atoms. The number of halogens is 1. The van der Waals surface area contributed by atoms with Gasteiger partial charge in [-0.1, -0.05) is 12.8 Å². The summed E-state index contributed by atoms with van der Waals surface area (Å²) in [6.45, 7) is 0.257. The van der Waals surface area contributed by atoms with E-state index in [-0.39, 0.29) is 25.2 Å². The third kappa shape index (κ3) is 2.49. The van der Waals surface area contributed by atoms with Crippen LogP contribution in [-0.2, 0) is 0 Å². The topological polar surface area (TPSA) is 53.7 Å². The Kier molecular flexibility index (Phi) is 3.88. The number of nitrogens with two attached hydrogens (primary N) is 1. The second kappa shape index (κ2) is 5.24. The number of rotatable bonds is 4. The van der Waals surface area contributed by atoms with Crippen LogP contribution >= 0.6 is 12.4 Å². The third-order valence-corrected chi connectivity index (χ3v) is 3.39. The molecule has 3 rings (SSSR count). The van der Waals surface area contributed by atoms with Crippen molar-refractivity contribution in [3.63, 3.8) is 0 Å². The Morgan fingerprint density at radius 3 is 2.83 bits per heavy atom. The van der Waals surface area contributed by atoms with Gasteiger partial charge in [0, 0.05) is 6.04 Å². The van der Waals surface area contributed by atoms with Crippen molar-refractivity contribution in [3.8, 4) is 17.2 Å². The lowest BCUT2D eigenvalue weighted by Gasteiger charge is -2.14. The minimum atomic E-state index is 0. The van der Waals surface area contributed by atoms with Gasteiger partial charge in [-0.2, -0.15) is 0 Å². The first-order valence-corrected chi connectivity index (χ1v) is 6.01. The highest BCUT2D eigenvalue weighted by atomic mass is 35.5. The molecule has 1 aliphatic heterocycles. The Morgan fingerprint density at radius 2 is 2.17 bits per heavy atom. The Hall–Kier alpha value is -1.13. The van der Waals surface area contributed by atoms with Gasteiger partial charge in [0.1, 0.15) is 0 Å². The number of fused-ring (bicyclic) bond motifs is 1. The van der Waals surface area contributed by atoms with E-state index in [1.54, 1.807) is 7.11 Å². The van der Waals surface area contributed by atoms with E-state index in [2.05, 4.69) is 0 Å². The summed E-state index contributed by atoms with van der Waals surface area (Å²) in [7, 11) is 1.63. The zero-order valence-corrected chi connectivity index (χ0v) is 11.2. The van der Waals surface area contributed by atoms with E-state index in [1.165, 1.54) is 12.8 Å². The van der Waals surface area contributed by atoms with Crippen molar-refractivity contribution in [2.45, 2.75) is 25.3 Å². The van der Waals surface area contributed by atoms with Crippen LogP contribution in [0.5, 0.6) is 17.2 Å². The van der Waals surface area contributed by atoms with Gasteiger partial charge < -0.3 is 19.9 Å². The van der Waals surface area contributed by atoms with Gasteiger partial charge in [-0.05, 0) is 30.0 Å². The van der Waals surface area contributed by atoms with Gasteiger partial charge in [0.05, 0.1) is 7.11 Å². The van der Waals surface area contributed by atoms with Crippen LogP contribution in [0.3, 0.4) is 0 Å². The molecule has 0 aromatic heterocycles. The predicted molar refractivity (Wildman–Crippen MR) is 70.6 cm³/mol. The Bertz CT molecular complexity index is 434. The molecular weight excluding hydrogens is 254 g/mol. The monoisotopic (exact) mass is 271 g/mol. The highest BCUT2D eigenvalue weighted by Gasteiger charge is 2.27. The maximum atomic E-state index is 6.20. The SMILES string of the molecule is COc1cc([C@H](N)CC2CC2)cc2c1OCO2.Cl. The smallest absolute Gasteiger partial charge is 0.231 e. The molecule has 0 saturated heterocycles. The van der Waals surface area contributed by atoms with Gasteiger partial charge in [0.15, 0.2) is 11.5 Å². The van der Waals surface area contributed by atoms with Crippen LogP contribution in [0.1, 0.15) is 30.9 Å². The molecule has 5 heteroatoms. The zero-order valence-electron chi connectivity index (χ0n) is 10.3. The molecular formula is C13H18ClNO3. The molecule has 1 fully saturated rings. The van der Waals surface area contributed by atoms with Crippen LogP contribution in [0, 0.1) is 5.92 Å². The summed E-state index contributed by atoms with van der Waals surface area (Å²) in [4.78, 5) is 0. The molecule has 2 aliphatic rings. The lowest BCUT2D eigenvalue weighted by atomic mass is 10.0. The average molecular weight is 272 g/mol. The summed E-state index contributed by atoms with van der Waals surface area (Å²) in [6, 6.07) is 3.99. The van der Waals surface area contributed by atoms with Gasteiger partial charge in [-0.15, -0.1) is 12.4 Å². The molecule has 1 aromatic rings. The molecule has 0 spiro atoms. The molecule has 0 unspecified atom stereocenters. The number of benzene rings is 1. The van der Waals surface area contributed by atoms with Gasteiger partial charge in [-0.25, -0.2) is 0 Å². The number of methoxy groups -OCH3 is 1. The Balaban J connectivity index is 0.00000120. The lowest BCUT2D eigenvalue weighted by molar-refractivity contribution is 0.171. The lowest BCUT2D eigenvalue weighted by Crippen LogP contribution is -2.11. The summed E-state index contributed by atoms with van der Waals surface area (Å²) >= 11 is 0. The zero-order chi connectivity index (χ0) is 11.8. The highest BCUT2D eigenvalue weighted by molar-refractivity contribution is 5.85. The average Bonchev–Trinajstić information content (AvgIpc) is 3.02. The van der Waals surface area contributed by atoms with Crippen molar-refractivity contribution < 1.29 is 14.2 Å². The molecule has 1 saturated carbocycles. The van der Waals surface area contributed by atoms with Gasteiger partial charge >= 0.3 is 0 Å². The van der Waals surface area contributed by atoms with E-state index in [1.807, 2.05) is 12.1 Å². The molecule has 4 nitrogen and oxygen atoms in total. The first kappa shape index (κ1) is 13.3. The van der Waals surface area contributed by atoms with Crippen LogP contribution in [0.15, 0.2) is 12.1 Å². The quantitative estimate of drug-likeness (QED) is 0.915. The fraction of sp³-hybridized carbons (Fsp3) is 0.538. The summed E-state index contributed by atoms with van der Waals surface area (Å²) < 4.78 is 16.1. The summed E-state index contributed by atoms with van der Waals surface area (Å²) in [5.41, 5.74) is 7.27. The Morgan fingerprint density at radius 1 is 1.39 bits per heavy atom. The minimum Gasteiger partial charge on any atom is -0.493 e. The molecule has 0 bridgehead atoms. The largest absolute Gasteiger partial charge is 0.493 e. The second-order valence-corrected chi connectivity index (χ2v) is 4.74. The van der Waals surface area contributed by atoms with E-state index in [9.17, 15) is 0 Å². The maximum Gasteiger partial charge on any atom is 0.231 e. The number of ether oxygens (including phenoxy) is 3. The van der Waals surface area contributed by atoms with Crippen molar-refractivity contribution in [1.29, 1.82) is 0 Å². The Labute approximate surface area is 113 Å². The maximum absolute atomic E-state index is 6.20. The van der Waals surface area contributed by atoms with E-state index < -0.39 is 0 Å². The second-order valence-electron chi connectivity index (χ2n) is 4.74. The van der Waals surface area contributed by atoms with Crippen LogP contribution in [0.2, 0.25) is 0 Å². The van der Waals surface area contributed by atoms with Crippen LogP contribution < -0.4 is 19.9 Å². The first-order valence-electron chi connectivity index (χ1n) is 6.01. The third-order valence-electron chi connectivity index (χ3n) is 3.39. The van der Waals surface area contributed by atoms with Gasteiger partial charge in [0.2, 0.25) is 12.5 Å². The number of hydrogen-bond acceptors (Lipinski definition) is 4. The molecule has 1 aliphatic carbocycles. The minimum absolute atomic E-state index is 0. The molecule has 0 radical (unpaired) electrons. The molecule has 100 valence electrons. The molecule has 0 amide bonds. The fourth-order valence-corrected chi connectivity index (χ4v) is 2.21. The van der Waals surface area contributed by atoms with E-state index in [4.69, 9.17) is 19.9 Å². The summed E-state index contributed by atoms with van der Waals surface area (Å²) in [5, 5.41) is 0. The van der Waals surface area contributed by atoms with E-state index in [0.717, 1.165) is 23.7 Å². The summed E-state index contributed by atoms with van der Waals surface area (Å²) in [6.07, 6.45) is 3.67. The van der Waals surface area contributed by atoms with Crippen molar-refractivity contribution in [2.75, 3.05) is 13.9 Å². The standard InChI is InChI=1S/C13H17NO3.ClH/c1-15-11-5-9(10(14)4-8-2-3-8)6-12-13(11)17-7-16-12;/h5-6,8,10H,2-4,7,14H2,1H3;1H/t10-;/m1./s1. The fourth-order valence-electron chi connectivity index (χ4n) is 2.21. The van der Waals surface area contributed by atoms with Crippen LogP contribution in [0.4, 0.5) is 0 Å². The van der Waals surface area contributed by atoms with Crippen LogP contribution in [-0.4, -0.2) is 13.9 Å². The molecule has 1 heterocycles. The molecule has 1 aromatic carbocycles. The van der Waals surface area contributed by atoms with Crippen molar-refractivity contribution >= 4 is 12.4 Å². The highest BCUT2D eigenvalue weighted by Crippen LogP contribution is 2.44. The van der Waals surface area contributed by atoms with E-state index in [0.29, 0.717) is 11.5 Å². The normalized spacial score (nSPS) is 18.1. The number of hydrogen-bond donors (Lipinski definition) is 1. The van der Waals surface area contributed by atoms with Crippen molar-refractivity contribution in [2.24, 2.45) is 11.7 Å².